The van der Waals surface area contributed by atoms with Crippen LogP contribution in [0.1, 0.15) is 44.7 Å². The molecule has 6 heteroatoms. The Kier molecular flexibility index (Phi) is 6.44. The summed E-state index contributed by atoms with van der Waals surface area (Å²) in [5, 5.41) is 0. The number of rotatable bonds is 6. The van der Waals surface area contributed by atoms with Gasteiger partial charge in [0.1, 0.15) is 6.04 Å². The van der Waals surface area contributed by atoms with Crippen LogP contribution in [0.15, 0.2) is 59.5 Å². The maximum absolute atomic E-state index is 13.0. The third kappa shape index (κ3) is 5.46. The minimum Gasteiger partial charge on any atom is -0.341 e. The highest BCUT2D eigenvalue weighted by atomic mass is 32.2. The normalized spacial score (nSPS) is 16.0. The van der Waals surface area contributed by atoms with Crippen LogP contribution in [-0.2, 0) is 26.7 Å². The first kappa shape index (κ1) is 21.5. The molecule has 1 amide bonds. The number of likely N-dealkylation sites (tertiary alicyclic amines) is 1. The predicted octanol–water partition coefficient (Wildman–Crippen LogP) is 3.50. The standard InChI is InChI=1S/C23H30N2O3S/c1-23(2,3)19-11-13-20(14-12-19)29(27,28)24-21(17-18-9-5-4-6-10-18)22(26)25-15-7-8-16-25/h4-6,9-14,21,24H,7-8,15-17H2,1-3H3. The van der Waals surface area contributed by atoms with Crippen molar-refractivity contribution in [2.45, 2.75) is 56.4 Å². The van der Waals surface area contributed by atoms with Gasteiger partial charge in [0.2, 0.25) is 15.9 Å². The average molecular weight is 415 g/mol. The molecule has 0 aromatic heterocycles. The van der Waals surface area contributed by atoms with Crippen LogP contribution in [0.5, 0.6) is 0 Å². The van der Waals surface area contributed by atoms with Crippen molar-refractivity contribution in [1.29, 1.82) is 0 Å². The van der Waals surface area contributed by atoms with Gasteiger partial charge in [0.15, 0.2) is 0 Å². The molecule has 5 nitrogen and oxygen atoms in total. The Hall–Kier alpha value is -2.18. The highest BCUT2D eigenvalue weighted by molar-refractivity contribution is 7.89. The molecular formula is C23H30N2O3S. The molecule has 1 atom stereocenters. The Morgan fingerprint density at radius 2 is 1.59 bits per heavy atom. The number of amides is 1. The van der Waals surface area contributed by atoms with Crippen molar-refractivity contribution in [2.24, 2.45) is 0 Å². The Balaban J connectivity index is 1.84. The van der Waals surface area contributed by atoms with Crippen molar-refractivity contribution >= 4 is 15.9 Å². The van der Waals surface area contributed by atoms with E-state index in [0.29, 0.717) is 19.5 Å². The second-order valence-corrected chi connectivity index (χ2v) is 10.4. The molecule has 0 bridgehead atoms. The minimum absolute atomic E-state index is 0.0582. The van der Waals surface area contributed by atoms with Gasteiger partial charge in [-0.2, -0.15) is 4.72 Å². The van der Waals surface area contributed by atoms with E-state index in [1.54, 1.807) is 17.0 Å². The summed E-state index contributed by atoms with van der Waals surface area (Å²) in [6, 6.07) is 15.6. The summed E-state index contributed by atoms with van der Waals surface area (Å²) in [5.41, 5.74) is 1.93. The van der Waals surface area contributed by atoms with Crippen LogP contribution in [0.25, 0.3) is 0 Å². The fourth-order valence-electron chi connectivity index (χ4n) is 3.58. The Morgan fingerprint density at radius 3 is 2.14 bits per heavy atom. The summed E-state index contributed by atoms with van der Waals surface area (Å²) in [7, 11) is -3.81. The molecule has 1 aliphatic heterocycles. The van der Waals surface area contributed by atoms with Crippen molar-refractivity contribution in [2.75, 3.05) is 13.1 Å². The smallest absolute Gasteiger partial charge is 0.241 e. The van der Waals surface area contributed by atoms with E-state index in [2.05, 4.69) is 25.5 Å². The van der Waals surface area contributed by atoms with E-state index in [1.807, 2.05) is 42.5 Å². The predicted molar refractivity (Wildman–Crippen MR) is 115 cm³/mol. The lowest BCUT2D eigenvalue weighted by atomic mass is 9.87. The van der Waals surface area contributed by atoms with Crippen molar-refractivity contribution in [1.82, 2.24) is 9.62 Å². The van der Waals surface area contributed by atoms with Gasteiger partial charge in [-0.3, -0.25) is 4.79 Å². The van der Waals surface area contributed by atoms with E-state index in [-0.39, 0.29) is 16.2 Å². The fraction of sp³-hybridized carbons (Fsp3) is 0.435. The highest BCUT2D eigenvalue weighted by Crippen LogP contribution is 2.23. The zero-order chi connectivity index (χ0) is 21.1. The summed E-state index contributed by atoms with van der Waals surface area (Å²) < 4.78 is 28.7. The van der Waals surface area contributed by atoms with Gasteiger partial charge in [-0.25, -0.2) is 8.42 Å². The molecule has 0 aliphatic carbocycles. The van der Waals surface area contributed by atoms with Crippen LogP contribution in [0.3, 0.4) is 0 Å². The van der Waals surface area contributed by atoms with Crippen LogP contribution < -0.4 is 4.72 Å². The van der Waals surface area contributed by atoms with Crippen LogP contribution >= 0.6 is 0 Å². The van der Waals surface area contributed by atoms with Crippen molar-refractivity contribution in [3.63, 3.8) is 0 Å². The van der Waals surface area contributed by atoms with Gasteiger partial charge in [-0.15, -0.1) is 0 Å². The molecule has 1 saturated heterocycles. The quantitative estimate of drug-likeness (QED) is 0.787. The molecular weight excluding hydrogens is 384 g/mol. The molecule has 0 saturated carbocycles. The Bertz CT molecular complexity index is 926. The van der Waals surface area contributed by atoms with Gasteiger partial charge in [-0.1, -0.05) is 63.2 Å². The molecule has 1 fully saturated rings. The number of nitrogens with zero attached hydrogens (tertiary/aromatic N) is 1. The van der Waals surface area contributed by atoms with Crippen molar-refractivity contribution < 1.29 is 13.2 Å². The molecule has 2 aromatic rings. The number of benzene rings is 2. The number of nitrogens with one attached hydrogen (secondary N) is 1. The van der Waals surface area contributed by atoms with Gasteiger partial charge in [0.05, 0.1) is 4.90 Å². The first-order valence-electron chi connectivity index (χ1n) is 10.1. The lowest BCUT2D eigenvalue weighted by Gasteiger charge is -2.24. The second-order valence-electron chi connectivity index (χ2n) is 8.67. The number of carbonyl (C=O) groups excluding carboxylic acids is 1. The van der Waals surface area contributed by atoms with Crippen molar-refractivity contribution in [3.05, 3.63) is 65.7 Å². The average Bonchev–Trinajstić information content (AvgIpc) is 3.22. The molecule has 0 spiro atoms. The zero-order valence-electron chi connectivity index (χ0n) is 17.4. The van der Waals surface area contributed by atoms with Gasteiger partial charge >= 0.3 is 0 Å². The topological polar surface area (TPSA) is 66.5 Å². The zero-order valence-corrected chi connectivity index (χ0v) is 18.2. The number of hydrogen-bond acceptors (Lipinski definition) is 3. The number of sulfonamides is 1. The number of hydrogen-bond donors (Lipinski definition) is 1. The van der Waals surface area contributed by atoms with Crippen LogP contribution in [-0.4, -0.2) is 38.4 Å². The maximum atomic E-state index is 13.0. The first-order chi connectivity index (χ1) is 13.7. The summed E-state index contributed by atoms with van der Waals surface area (Å²) >= 11 is 0. The van der Waals surface area contributed by atoms with E-state index in [4.69, 9.17) is 0 Å². The van der Waals surface area contributed by atoms with Crippen LogP contribution in [0.2, 0.25) is 0 Å². The maximum Gasteiger partial charge on any atom is 0.241 e. The first-order valence-corrected chi connectivity index (χ1v) is 11.6. The monoisotopic (exact) mass is 414 g/mol. The summed E-state index contributed by atoms with van der Waals surface area (Å²) in [4.78, 5) is 15.0. The summed E-state index contributed by atoms with van der Waals surface area (Å²) in [6.07, 6.45) is 2.26. The van der Waals surface area contributed by atoms with E-state index in [9.17, 15) is 13.2 Å². The number of carbonyl (C=O) groups is 1. The Morgan fingerprint density at radius 1 is 1.00 bits per heavy atom. The van der Waals surface area contributed by atoms with Crippen molar-refractivity contribution in [3.8, 4) is 0 Å². The minimum atomic E-state index is -3.81. The SMILES string of the molecule is CC(C)(C)c1ccc(S(=O)(=O)NC(Cc2ccccc2)C(=O)N2CCCC2)cc1. The van der Waals surface area contributed by atoms with E-state index in [1.165, 1.54) is 0 Å². The third-order valence-corrected chi connectivity index (χ3v) is 6.81. The summed E-state index contributed by atoms with van der Waals surface area (Å²) in [5.74, 6) is -0.152. The second kappa shape index (κ2) is 8.67. The highest BCUT2D eigenvalue weighted by Gasteiger charge is 2.31. The van der Waals surface area contributed by atoms with Crippen LogP contribution in [0, 0.1) is 0 Å². The lowest BCUT2D eigenvalue weighted by molar-refractivity contribution is -0.131. The van der Waals surface area contributed by atoms with E-state index in [0.717, 1.165) is 24.0 Å². The van der Waals surface area contributed by atoms with Crippen LogP contribution in [0.4, 0.5) is 0 Å². The molecule has 1 N–H and O–H groups in total. The molecule has 1 unspecified atom stereocenters. The molecule has 29 heavy (non-hydrogen) atoms. The lowest BCUT2D eigenvalue weighted by Crippen LogP contribution is -2.48. The van der Waals surface area contributed by atoms with E-state index < -0.39 is 16.1 Å². The molecule has 2 aromatic carbocycles. The molecule has 3 rings (SSSR count). The molecule has 0 radical (unpaired) electrons. The van der Waals surface area contributed by atoms with Gasteiger partial charge in [0, 0.05) is 13.1 Å². The summed E-state index contributed by atoms with van der Waals surface area (Å²) in [6.45, 7) is 7.62. The molecule has 1 aliphatic rings. The molecule has 156 valence electrons. The Labute approximate surface area is 174 Å². The van der Waals surface area contributed by atoms with E-state index >= 15 is 0 Å². The van der Waals surface area contributed by atoms with Gasteiger partial charge in [-0.05, 0) is 47.9 Å². The third-order valence-electron chi connectivity index (χ3n) is 5.33. The van der Waals surface area contributed by atoms with Gasteiger partial charge in [0.25, 0.3) is 0 Å². The largest absolute Gasteiger partial charge is 0.341 e. The fourth-order valence-corrected chi connectivity index (χ4v) is 4.77. The molecule has 1 heterocycles. The van der Waals surface area contributed by atoms with Gasteiger partial charge < -0.3 is 4.90 Å².